The zero-order valence-corrected chi connectivity index (χ0v) is 24.1. The summed E-state index contributed by atoms with van der Waals surface area (Å²) in [6.45, 7) is 4.43. The average molecular weight is 558 g/mol. The van der Waals surface area contributed by atoms with Crippen molar-refractivity contribution in [2.75, 3.05) is 0 Å². The van der Waals surface area contributed by atoms with Crippen molar-refractivity contribution < 1.29 is 5.11 Å². The molecular formula is C39H31N3O. The van der Waals surface area contributed by atoms with Crippen LogP contribution in [-0.2, 0) is 5.41 Å². The number of rotatable bonds is 6. The summed E-state index contributed by atoms with van der Waals surface area (Å²) in [5.74, 6) is 0.886. The summed E-state index contributed by atoms with van der Waals surface area (Å²) < 4.78 is 2.15. The number of hydrogen-bond acceptors (Lipinski definition) is 3. The van der Waals surface area contributed by atoms with E-state index in [1.807, 2.05) is 54.7 Å². The third-order valence-corrected chi connectivity index (χ3v) is 8.29. The van der Waals surface area contributed by atoms with Gasteiger partial charge in [0, 0.05) is 28.4 Å². The van der Waals surface area contributed by atoms with Crippen LogP contribution in [0, 0.1) is 0 Å². The lowest BCUT2D eigenvalue weighted by atomic mass is 9.77. The van der Waals surface area contributed by atoms with Gasteiger partial charge in [-0.1, -0.05) is 105 Å². The molecule has 4 nitrogen and oxygen atoms in total. The number of pyridine rings is 1. The molecule has 2 heterocycles. The molecule has 0 spiro atoms. The molecule has 0 aliphatic heterocycles. The number of aromatic nitrogens is 3. The van der Waals surface area contributed by atoms with Gasteiger partial charge in [-0.25, -0.2) is 4.98 Å². The van der Waals surface area contributed by atoms with E-state index in [4.69, 9.17) is 4.98 Å². The first-order valence-electron chi connectivity index (χ1n) is 14.5. The van der Waals surface area contributed by atoms with Gasteiger partial charge >= 0.3 is 0 Å². The summed E-state index contributed by atoms with van der Waals surface area (Å²) in [5, 5.41) is 11.3. The van der Waals surface area contributed by atoms with Crippen LogP contribution in [0.15, 0.2) is 146 Å². The van der Waals surface area contributed by atoms with E-state index in [0.29, 0.717) is 11.4 Å². The molecule has 0 atom stereocenters. The summed E-state index contributed by atoms with van der Waals surface area (Å²) >= 11 is 0. The van der Waals surface area contributed by atoms with E-state index < -0.39 is 0 Å². The first-order chi connectivity index (χ1) is 21.0. The zero-order valence-electron chi connectivity index (χ0n) is 24.1. The molecular weight excluding hydrogens is 526 g/mol. The third-order valence-electron chi connectivity index (χ3n) is 8.29. The Morgan fingerprint density at radius 3 is 2.09 bits per heavy atom. The van der Waals surface area contributed by atoms with Crippen molar-refractivity contribution in [3.05, 3.63) is 157 Å². The number of benzene rings is 5. The predicted molar refractivity (Wildman–Crippen MR) is 175 cm³/mol. The molecule has 0 amide bonds. The second-order valence-electron chi connectivity index (χ2n) is 11.3. The number of phenolic OH excluding ortho intramolecular Hbond substituents is 1. The molecule has 208 valence electrons. The Hall–Kier alpha value is -5.48. The highest BCUT2D eigenvalue weighted by molar-refractivity contribution is 5.96. The van der Waals surface area contributed by atoms with Gasteiger partial charge < -0.3 is 5.11 Å². The molecule has 0 aliphatic rings. The molecule has 0 aliphatic carbocycles. The maximum absolute atomic E-state index is 11.3. The fraction of sp³-hybridized carbons (Fsp3) is 0.0769. The van der Waals surface area contributed by atoms with Crippen molar-refractivity contribution in [2.45, 2.75) is 19.3 Å². The van der Waals surface area contributed by atoms with Crippen molar-refractivity contribution in [3.63, 3.8) is 0 Å². The summed E-state index contributed by atoms with van der Waals surface area (Å²) in [4.78, 5) is 9.84. The average Bonchev–Trinajstić information content (AvgIpc) is 3.46. The van der Waals surface area contributed by atoms with Crippen LogP contribution < -0.4 is 0 Å². The van der Waals surface area contributed by atoms with Crippen molar-refractivity contribution >= 4 is 11.0 Å². The van der Waals surface area contributed by atoms with Gasteiger partial charge in [0.2, 0.25) is 0 Å². The molecule has 7 aromatic rings. The fourth-order valence-electron chi connectivity index (χ4n) is 5.86. The van der Waals surface area contributed by atoms with Crippen LogP contribution in [0.4, 0.5) is 0 Å². The van der Waals surface area contributed by atoms with Gasteiger partial charge in [0.1, 0.15) is 11.6 Å². The van der Waals surface area contributed by atoms with Crippen LogP contribution >= 0.6 is 0 Å². The van der Waals surface area contributed by atoms with Crippen molar-refractivity contribution in [3.8, 4) is 45.2 Å². The molecule has 5 aromatic carbocycles. The fourth-order valence-corrected chi connectivity index (χ4v) is 5.86. The molecule has 0 fully saturated rings. The summed E-state index contributed by atoms with van der Waals surface area (Å²) in [6.07, 6.45) is 1.82. The van der Waals surface area contributed by atoms with E-state index >= 15 is 0 Å². The van der Waals surface area contributed by atoms with Crippen LogP contribution in [-0.4, -0.2) is 19.6 Å². The lowest BCUT2D eigenvalue weighted by Gasteiger charge is -2.27. The Morgan fingerprint density at radius 2 is 1.33 bits per heavy atom. The van der Waals surface area contributed by atoms with Crippen LogP contribution in [0.3, 0.4) is 0 Å². The Bertz CT molecular complexity index is 2050. The van der Waals surface area contributed by atoms with E-state index in [9.17, 15) is 5.11 Å². The topological polar surface area (TPSA) is 50.9 Å². The lowest BCUT2D eigenvalue weighted by Crippen LogP contribution is -2.18. The maximum atomic E-state index is 11.3. The number of phenols is 1. The Kier molecular flexibility index (Phi) is 6.59. The molecule has 1 N–H and O–H groups in total. The first kappa shape index (κ1) is 26.4. The standard InChI is InChI=1S/C39H31N3O/c1-39(2,29-15-5-3-6-16-29)30-22-23-36(43)33(26-30)38-41-37-32(19-12-21-35(37)42(38)31-17-7-4-8-18-31)27-13-11-14-28(25-27)34-20-9-10-24-40-34/h3-26,43H,1-2H3. The van der Waals surface area contributed by atoms with E-state index in [1.165, 1.54) is 5.56 Å². The number of hydrogen-bond donors (Lipinski definition) is 1. The molecule has 0 bridgehead atoms. The third kappa shape index (κ3) is 4.77. The monoisotopic (exact) mass is 557 g/mol. The van der Waals surface area contributed by atoms with E-state index in [2.05, 4.69) is 108 Å². The van der Waals surface area contributed by atoms with Gasteiger partial charge in [-0.2, -0.15) is 0 Å². The Balaban J connectivity index is 1.45. The number of fused-ring (bicyclic) bond motifs is 1. The van der Waals surface area contributed by atoms with Crippen molar-refractivity contribution in [2.24, 2.45) is 0 Å². The molecule has 0 saturated heterocycles. The van der Waals surface area contributed by atoms with Crippen LogP contribution in [0.5, 0.6) is 5.75 Å². The Morgan fingerprint density at radius 1 is 0.605 bits per heavy atom. The lowest BCUT2D eigenvalue weighted by molar-refractivity contribution is 0.476. The minimum absolute atomic E-state index is 0.193. The van der Waals surface area contributed by atoms with Gasteiger partial charge in [-0.05, 0) is 65.2 Å². The highest BCUT2D eigenvalue weighted by Crippen LogP contribution is 2.41. The van der Waals surface area contributed by atoms with E-state index in [-0.39, 0.29) is 11.2 Å². The molecule has 43 heavy (non-hydrogen) atoms. The van der Waals surface area contributed by atoms with Crippen LogP contribution in [0.1, 0.15) is 25.0 Å². The first-order valence-corrected chi connectivity index (χ1v) is 14.5. The highest BCUT2D eigenvalue weighted by Gasteiger charge is 2.26. The normalized spacial score (nSPS) is 11.6. The Labute approximate surface area is 251 Å². The number of para-hydroxylation sites is 2. The predicted octanol–water partition coefficient (Wildman–Crippen LogP) is 9.45. The molecule has 0 saturated carbocycles. The molecule has 4 heteroatoms. The largest absolute Gasteiger partial charge is 0.507 e. The summed E-state index contributed by atoms with van der Waals surface area (Å²) in [7, 11) is 0. The minimum atomic E-state index is -0.273. The quantitative estimate of drug-likeness (QED) is 0.222. The zero-order chi connectivity index (χ0) is 29.4. The molecule has 0 unspecified atom stereocenters. The molecule has 0 radical (unpaired) electrons. The van der Waals surface area contributed by atoms with Gasteiger partial charge in [0.05, 0.1) is 22.3 Å². The second-order valence-corrected chi connectivity index (χ2v) is 11.3. The number of aromatic hydroxyl groups is 1. The smallest absolute Gasteiger partial charge is 0.149 e. The minimum Gasteiger partial charge on any atom is -0.507 e. The number of imidazole rings is 1. The van der Waals surface area contributed by atoms with Crippen LogP contribution in [0.2, 0.25) is 0 Å². The second kappa shape index (κ2) is 10.7. The SMILES string of the molecule is CC(C)(c1ccccc1)c1ccc(O)c(-c2nc3c(-c4cccc(-c5ccccn5)c4)cccc3n2-c2ccccc2)c1. The maximum Gasteiger partial charge on any atom is 0.149 e. The van der Waals surface area contributed by atoms with Crippen molar-refractivity contribution in [1.82, 2.24) is 14.5 Å². The molecule has 7 rings (SSSR count). The molecule has 2 aromatic heterocycles. The van der Waals surface area contributed by atoms with Crippen molar-refractivity contribution in [1.29, 1.82) is 0 Å². The summed E-state index contributed by atoms with van der Waals surface area (Å²) in [6, 6.07) is 47.2. The van der Waals surface area contributed by atoms with Gasteiger partial charge in [0.15, 0.2) is 0 Å². The van der Waals surface area contributed by atoms with Gasteiger partial charge in [-0.3, -0.25) is 9.55 Å². The summed E-state index contributed by atoms with van der Waals surface area (Å²) in [5.41, 5.74) is 9.58. The number of nitrogens with zero attached hydrogens (tertiary/aromatic N) is 3. The van der Waals surface area contributed by atoms with Gasteiger partial charge in [0.25, 0.3) is 0 Å². The van der Waals surface area contributed by atoms with Crippen LogP contribution in [0.25, 0.3) is 50.5 Å². The van der Waals surface area contributed by atoms with E-state index in [0.717, 1.165) is 44.7 Å². The highest BCUT2D eigenvalue weighted by atomic mass is 16.3. The van der Waals surface area contributed by atoms with Gasteiger partial charge in [-0.15, -0.1) is 0 Å². The van der Waals surface area contributed by atoms with E-state index in [1.54, 1.807) is 6.07 Å².